The first-order valence-electron chi connectivity index (χ1n) is 11.1. The number of hydrogen-bond acceptors (Lipinski definition) is 4. The van der Waals surface area contributed by atoms with Crippen LogP contribution in [0, 0.1) is 17.6 Å². The molecule has 0 radical (unpaired) electrons. The van der Waals surface area contributed by atoms with Crippen molar-refractivity contribution in [1.82, 2.24) is 20.4 Å². The number of para-hydroxylation sites is 1. The lowest BCUT2D eigenvalue weighted by atomic mass is 10.1. The van der Waals surface area contributed by atoms with Gasteiger partial charge in [0.1, 0.15) is 17.3 Å². The fourth-order valence-corrected chi connectivity index (χ4v) is 4.32. The van der Waals surface area contributed by atoms with Crippen LogP contribution in [0.5, 0.6) is 0 Å². The number of aliphatic imine (C=N–C) groups is 1. The van der Waals surface area contributed by atoms with Gasteiger partial charge in [0.05, 0.1) is 0 Å². The number of nitrogens with zero attached hydrogens (tertiary/aromatic N) is 4. The third-order valence-corrected chi connectivity index (χ3v) is 6.11. The van der Waals surface area contributed by atoms with Crippen molar-refractivity contribution in [3.8, 4) is 0 Å². The van der Waals surface area contributed by atoms with Crippen molar-refractivity contribution in [3.63, 3.8) is 0 Å². The van der Waals surface area contributed by atoms with Crippen molar-refractivity contribution in [1.29, 1.82) is 0 Å². The Morgan fingerprint density at radius 3 is 2.39 bits per heavy atom. The first-order valence-corrected chi connectivity index (χ1v) is 11.1. The van der Waals surface area contributed by atoms with Gasteiger partial charge in [0, 0.05) is 65.4 Å². The molecular weight excluding hydrogens is 513 g/mol. The molecule has 1 aromatic rings. The lowest BCUT2D eigenvalue weighted by Crippen LogP contribution is -2.49. The smallest absolute Gasteiger partial charge is 0.191 e. The van der Waals surface area contributed by atoms with E-state index in [0.29, 0.717) is 19.0 Å². The Labute approximate surface area is 202 Å². The van der Waals surface area contributed by atoms with Gasteiger partial charge < -0.3 is 25.3 Å². The van der Waals surface area contributed by atoms with Crippen molar-refractivity contribution in [2.75, 3.05) is 70.9 Å². The lowest BCUT2D eigenvalue weighted by Gasteiger charge is -2.35. The Balaban J connectivity index is 0.00000341. The standard InChI is InChI=1S/C22H36F2N6.HI/c1-4-28-10-12-29(13-11-28)15-17(2)14-26-22(25-3)27-18-8-9-30(16-18)21-19(23)6-5-7-20(21)24;/h5-7,17-18H,4,8-16H2,1-3H3,(H2,25,26,27);1H. The number of nitrogens with one attached hydrogen (secondary N) is 2. The molecule has 0 saturated carbocycles. The third-order valence-electron chi connectivity index (χ3n) is 6.11. The zero-order valence-corrected chi connectivity index (χ0v) is 21.2. The van der Waals surface area contributed by atoms with Crippen LogP contribution in [0.3, 0.4) is 0 Å². The van der Waals surface area contributed by atoms with E-state index in [4.69, 9.17) is 0 Å². The maximum Gasteiger partial charge on any atom is 0.191 e. The zero-order valence-electron chi connectivity index (χ0n) is 18.9. The minimum atomic E-state index is -0.508. The number of hydrogen-bond donors (Lipinski definition) is 2. The number of halogens is 3. The summed E-state index contributed by atoms with van der Waals surface area (Å²) in [6.07, 6.45) is 0.811. The van der Waals surface area contributed by atoms with Gasteiger partial charge in [-0.3, -0.25) is 4.99 Å². The van der Waals surface area contributed by atoms with E-state index >= 15 is 0 Å². The van der Waals surface area contributed by atoms with E-state index in [1.807, 2.05) is 0 Å². The summed E-state index contributed by atoms with van der Waals surface area (Å²) >= 11 is 0. The van der Waals surface area contributed by atoms with Gasteiger partial charge in [-0.15, -0.1) is 24.0 Å². The second-order valence-electron chi connectivity index (χ2n) is 8.44. The van der Waals surface area contributed by atoms with Gasteiger partial charge in [0.2, 0.25) is 0 Å². The molecule has 2 aliphatic heterocycles. The van der Waals surface area contributed by atoms with Gasteiger partial charge in [0.25, 0.3) is 0 Å². The van der Waals surface area contributed by atoms with Crippen LogP contribution in [0.2, 0.25) is 0 Å². The van der Waals surface area contributed by atoms with Gasteiger partial charge in [-0.1, -0.05) is 19.9 Å². The summed E-state index contributed by atoms with van der Waals surface area (Å²) in [7, 11) is 1.76. The van der Waals surface area contributed by atoms with E-state index in [2.05, 4.69) is 39.3 Å². The SMILES string of the molecule is CCN1CCN(CC(C)CNC(=NC)NC2CCN(c3c(F)cccc3F)C2)CC1.I. The highest BCUT2D eigenvalue weighted by atomic mass is 127. The average molecular weight is 550 g/mol. The quantitative estimate of drug-likeness (QED) is 0.311. The molecule has 2 N–H and O–H groups in total. The second-order valence-corrected chi connectivity index (χ2v) is 8.44. The van der Waals surface area contributed by atoms with Crippen LogP contribution in [0.15, 0.2) is 23.2 Å². The molecule has 2 heterocycles. The Morgan fingerprint density at radius 1 is 1.13 bits per heavy atom. The van der Waals surface area contributed by atoms with Crippen molar-refractivity contribution in [3.05, 3.63) is 29.8 Å². The molecule has 2 atom stereocenters. The van der Waals surface area contributed by atoms with Gasteiger partial charge >= 0.3 is 0 Å². The Hall–Kier alpha value is -1.20. The first-order chi connectivity index (χ1) is 14.5. The molecule has 176 valence electrons. The van der Waals surface area contributed by atoms with Crippen LogP contribution in [0.25, 0.3) is 0 Å². The van der Waals surface area contributed by atoms with Crippen LogP contribution in [0.1, 0.15) is 20.3 Å². The molecule has 0 aliphatic carbocycles. The molecular formula is C22H37F2IN6. The maximum atomic E-state index is 14.1. The Morgan fingerprint density at radius 2 is 1.77 bits per heavy atom. The van der Waals surface area contributed by atoms with Crippen LogP contribution in [0.4, 0.5) is 14.5 Å². The summed E-state index contributed by atoms with van der Waals surface area (Å²) < 4.78 is 28.1. The summed E-state index contributed by atoms with van der Waals surface area (Å²) in [4.78, 5) is 11.1. The van der Waals surface area contributed by atoms with Crippen LogP contribution < -0.4 is 15.5 Å². The molecule has 2 fully saturated rings. The van der Waals surface area contributed by atoms with E-state index in [-0.39, 0.29) is 35.7 Å². The summed E-state index contributed by atoms with van der Waals surface area (Å²) in [5.74, 6) is 0.237. The minimum absolute atomic E-state index is 0. The summed E-state index contributed by atoms with van der Waals surface area (Å²) in [6, 6.07) is 4.12. The fraction of sp³-hybridized carbons (Fsp3) is 0.682. The normalized spacial score (nSPS) is 21.6. The van der Waals surface area contributed by atoms with Crippen molar-refractivity contribution >= 4 is 35.6 Å². The van der Waals surface area contributed by atoms with Crippen molar-refractivity contribution < 1.29 is 8.78 Å². The zero-order chi connectivity index (χ0) is 21.5. The minimum Gasteiger partial charge on any atom is -0.365 e. The first kappa shape index (κ1) is 26.1. The number of likely N-dealkylation sites (N-methyl/N-ethyl adjacent to an activating group) is 1. The molecule has 9 heteroatoms. The largest absolute Gasteiger partial charge is 0.365 e. The van der Waals surface area contributed by atoms with E-state index < -0.39 is 11.6 Å². The Kier molecular flexibility index (Phi) is 10.7. The molecule has 2 unspecified atom stereocenters. The van der Waals surface area contributed by atoms with Crippen molar-refractivity contribution in [2.45, 2.75) is 26.3 Å². The number of anilines is 1. The van der Waals surface area contributed by atoms with Crippen molar-refractivity contribution in [2.24, 2.45) is 10.9 Å². The molecule has 31 heavy (non-hydrogen) atoms. The maximum absolute atomic E-state index is 14.1. The molecule has 2 aliphatic rings. The summed E-state index contributed by atoms with van der Waals surface area (Å²) in [6.45, 7) is 13.3. The molecule has 3 rings (SSSR count). The van der Waals surface area contributed by atoms with Crippen LogP contribution in [-0.4, -0.2) is 87.8 Å². The van der Waals surface area contributed by atoms with E-state index in [1.54, 1.807) is 11.9 Å². The number of benzene rings is 1. The predicted octanol–water partition coefficient (Wildman–Crippen LogP) is 2.60. The molecule has 0 aromatic heterocycles. The second kappa shape index (κ2) is 12.7. The van der Waals surface area contributed by atoms with E-state index in [1.165, 1.54) is 18.2 Å². The number of piperazine rings is 1. The third kappa shape index (κ3) is 7.42. The molecule has 6 nitrogen and oxygen atoms in total. The molecule has 1 aromatic carbocycles. The topological polar surface area (TPSA) is 46.1 Å². The van der Waals surface area contributed by atoms with Gasteiger partial charge in [0.15, 0.2) is 5.96 Å². The fourth-order valence-electron chi connectivity index (χ4n) is 4.32. The molecule has 2 saturated heterocycles. The highest BCUT2D eigenvalue weighted by Crippen LogP contribution is 2.26. The number of rotatable bonds is 7. The van der Waals surface area contributed by atoms with E-state index in [9.17, 15) is 8.78 Å². The number of guanidine groups is 1. The van der Waals surface area contributed by atoms with Crippen LogP contribution in [-0.2, 0) is 0 Å². The lowest BCUT2D eigenvalue weighted by molar-refractivity contribution is 0.124. The van der Waals surface area contributed by atoms with Gasteiger partial charge in [-0.2, -0.15) is 0 Å². The Bertz CT molecular complexity index is 691. The highest BCUT2D eigenvalue weighted by Gasteiger charge is 2.27. The monoisotopic (exact) mass is 550 g/mol. The van der Waals surface area contributed by atoms with E-state index in [0.717, 1.165) is 58.2 Å². The summed E-state index contributed by atoms with van der Waals surface area (Å²) in [5.41, 5.74) is 0.0709. The highest BCUT2D eigenvalue weighted by molar-refractivity contribution is 14.0. The summed E-state index contributed by atoms with van der Waals surface area (Å²) in [5, 5.41) is 6.83. The van der Waals surface area contributed by atoms with Gasteiger partial charge in [-0.05, 0) is 31.0 Å². The molecule has 0 bridgehead atoms. The predicted molar refractivity (Wildman–Crippen MR) is 135 cm³/mol. The molecule has 0 amide bonds. The van der Waals surface area contributed by atoms with Gasteiger partial charge in [-0.25, -0.2) is 8.78 Å². The van der Waals surface area contributed by atoms with Crippen LogP contribution >= 0.6 is 24.0 Å². The molecule has 0 spiro atoms. The average Bonchev–Trinajstić information content (AvgIpc) is 3.19.